The Morgan fingerprint density at radius 3 is 2.59 bits per heavy atom. The Morgan fingerprint density at radius 2 is 1.91 bits per heavy atom. The van der Waals surface area contributed by atoms with Crippen LogP contribution in [0.5, 0.6) is 11.5 Å². The molecule has 0 aliphatic heterocycles. The van der Waals surface area contributed by atoms with Gasteiger partial charge in [-0.2, -0.15) is 0 Å². The van der Waals surface area contributed by atoms with Gasteiger partial charge in [-0.1, -0.05) is 6.07 Å². The Balaban J connectivity index is 2.11. The summed E-state index contributed by atoms with van der Waals surface area (Å²) in [7, 11) is 0. The predicted molar refractivity (Wildman–Crippen MR) is 78.6 cm³/mol. The van der Waals surface area contributed by atoms with Gasteiger partial charge in [-0.25, -0.2) is 9.78 Å². The number of phenolic OH excluding ortho intramolecular Hbond substituents is 2. The van der Waals surface area contributed by atoms with Crippen LogP contribution in [0.25, 0.3) is 6.08 Å². The standard InChI is InChI=1S/C15H12N2O5/c18-11-5-3-9(8-12(11)19)4-6-13(20)17-14-10(15(21)22)2-1-7-16-14/h1-8,18-19H,(H,21,22)(H,16,17,20)/b6-4+. The van der Waals surface area contributed by atoms with Crippen molar-refractivity contribution in [3.05, 3.63) is 53.7 Å². The molecule has 4 N–H and O–H groups in total. The normalized spacial score (nSPS) is 10.5. The second-order valence-corrected chi connectivity index (χ2v) is 4.28. The molecule has 0 saturated heterocycles. The number of hydrogen-bond acceptors (Lipinski definition) is 5. The number of amides is 1. The van der Waals surface area contributed by atoms with E-state index in [-0.39, 0.29) is 22.9 Å². The van der Waals surface area contributed by atoms with Crippen molar-refractivity contribution < 1.29 is 24.9 Å². The molecule has 0 aliphatic rings. The van der Waals surface area contributed by atoms with Crippen molar-refractivity contribution in [3.63, 3.8) is 0 Å². The number of aromatic nitrogens is 1. The summed E-state index contributed by atoms with van der Waals surface area (Å²) in [4.78, 5) is 26.6. The average Bonchev–Trinajstić information content (AvgIpc) is 2.49. The van der Waals surface area contributed by atoms with E-state index in [1.807, 2.05) is 0 Å². The summed E-state index contributed by atoms with van der Waals surface area (Å²) in [6, 6.07) is 6.85. The van der Waals surface area contributed by atoms with Gasteiger partial charge in [0.05, 0.1) is 0 Å². The molecule has 2 aromatic rings. The number of hydrogen-bond donors (Lipinski definition) is 4. The van der Waals surface area contributed by atoms with Crippen LogP contribution in [0.2, 0.25) is 0 Å². The van der Waals surface area contributed by atoms with Gasteiger partial charge < -0.3 is 20.6 Å². The Labute approximate surface area is 125 Å². The highest BCUT2D eigenvalue weighted by Crippen LogP contribution is 2.25. The van der Waals surface area contributed by atoms with E-state index >= 15 is 0 Å². The second-order valence-electron chi connectivity index (χ2n) is 4.28. The van der Waals surface area contributed by atoms with E-state index in [4.69, 9.17) is 5.11 Å². The molecule has 7 nitrogen and oxygen atoms in total. The van der Waals surface area contributed by atoms with E-state index in [2.05, 4.69) is 10.3 Å². The number of aromatic carboxylic acids is 1. The van der Waals surface area contributed by atoms with Gasteiger partial charge in [-0.15, -0.1) is 0 Å². The number of carboxylic acid groups (broad SMARTS) is 1. The van der Waals surface area contributed by atoms with E-state index in [0.717, 1.165) is 6.08 Å². The molecule has 0 unspecified atom stereocenters. The fourth-order valence-electron chi connectivity index (χ4n) is 1.65. The average molecular weight is 300 g/mol. The van der Waals surface area contributed by atoms with Gasteiger partial charge in [0.25, 0.3) is 0 Å². The van der Waals surface area contributed by atoms with Gasteiger partial charge in [0.15, 0.2) is 11.5 Å². The van der Waals surface area contributed by atoms with E-state index < -0.39 is 11.9 Å². The molecular formula is C15H12N2O5. The molecule has 2 rings (SSSR count). The lowest BCUT2D eigenvalue weighted by molar-refractivity contribution is -0.111. The predicted octanol–water partition coefficient (Wildman–Crippen LogP) is 1.84. The molecule has 1 amide bonds. The molecule has 1 aromatic carbocycles. The van der Waals surface area contributed by atoms with Crippen molar-refractivity contribution in [2.24, 2.45) is 0 Å². The van der Waals surface area contributed by atoms with Crippen molar-refractivity contribution in [2.75, 3.05) is 5.32 Å². The third kappa shape index (κ3) is 3.60. The number of anilines is 1. The fourth-order valence-corrected chi connectivity index (χ4v) is 1.65. The first-order chi connectivity index (χ1) is 10.5. The molecule has 0 bridgehead atoms. The van der Waals surface area contributed by atoms with Crippen LogP contribution in [0.4, 0.5) is 5.82 Å². The summed E-state index contributed by atoms with van der Waals surface area (Å²) < 4.78 is 0. The maximum Gasteiger partial charge on any atom is 0.339 e. The largest absolute Gasteiger partial charge is 0.504 e. The molecule has 22 heavy (non-hydrogen) atoms. The first kappa shape index (κ1) is 15.0. The second kappa shape index (κ2) is 6.40. The van der Waals surface area contributed by atoms with Gasteiger partial charge in [0.2, 0.25) is 5.91 Å². The molecule has 1 heterocycles. The third-order valence-corrected chi connectivity index (χ3v) is 2.71. The number of carboxylic acids is 1. The quantitative estimate of drug-likeness (QED) is 0.505. The molecule has 0 aliphatic carbocycles. The molecule has 112 valence electrons. The number of carbonyl (C=O) groups is 2. The number of benzene rings is 1. The van der Waals surface area contributed by atoms with Crippen molar-refractivity contribution in [1.29, 1.82) is 0 Å². The highest BCUT2D eigenvalue weighted by molar-refractivity contribution is 6.05. The molecule has 0 fully saturated rings. The minimum Gasteiger partial charge on any atom is -0.504 e. The molecule has 0 atom stereocenters. The lowest BCUT2D eigenvalue weighted by Gasteiger charge is -2.04. The van der Waals surface area contributed by atoms with Crippen molar-refractivity contribution in [3.8, 4) is 11.5 Å². The van der Waals surface area contributed by atoms with Crippen LogP contribution >= 0.6 is 0 Å². The molecular weight excluding hydrogens is 288 g/mol. The molecule has 7 heteroatoms. The van der Waals surface area contributed by atoms with Gasteiger partial charge in [0.1, 0.15) is 11.4 Å². The number of carbonyl (C=O) groups excluding carboxylic acids is 1. The Hall–Kier alpha value is -3.35. The van der Waals surface area contributed by atoms with Crippen LogP contribution in [-0.4, -0.2) is 32.2 Å². The molecule has 0 radical (unpaired) electrons. The van der Waals surface area contributed by atoms with E-state index in [1.165, 1.54) is 42.6 Å². The van der Waals surface area contributed by atoms with E-state index in [9.17, 15) is 19.8 Å². The topological polar surface area (TPSA) is 120 Å². The number of pyridine rings is 1. The highest BCUT2D eigenvalue weighted by atomic mass is 16.4. The number of nitrogens with zero attached hydrogens (tertiary/aromatic N) is 1. The van der Waals surface area contributed by atoms with Crippen LogP contribution < -0.4 is 5.32 Å². The van der Waals surface area contributed by atoms with Crippen molar-refractivity contribution in [2.45, 2.75) is 0 Å². The zero-order valence-corrected chi connectivity index (χ0v) is 11.2. The van der Waals surface area contributed by atoms with Gasteiger partial charge in [0, 0.05) is 12.3 Å². The van der Waals surface area contributed by atoms with E-state index in [0.29, 0.717) is 5.56 Å². The monoisotopic (exact) mass is 300 g/mol. The maximum absolute atomic E-state index is 11.8. The maximum atomic E-state index is 11.8. The molecule has 0 saturated carbocycles. The summed E-state index contributed by atoms with van der Waals surface area (Å²) in [6.45, 7) is 0. The van der Waals surface area contributed by atoms with Gasteiger partial charge in [-0.3, -0.25) is 4.79 Å². The van der Waals surface area contributed by atoms with Gasteiger partial charge in [-0.05, 0) is 35.9 Å². The summed E-state index contributed by atoms with van der Waals surface area (Å²) in [6.07, 6.45) is 3.92. The summed E-state index contributed by atoms with van der Waals surface area (Å²) in [5.41, 5.74) is 0.372. The SMILES string of the molecule is O=C(/C=C/c1ccc(O)c(O)c1)Nc1ncccc1C(=O)O. The summed E-state index contributed by atoms with van der Waals surface area (Å²) in [5, 5.41) is 29.9. The minimum atomic E-state index is -1.20. The molecule has 1 aromatic heterocycles. The zero-order chi connectivity index (χ0) is 16.1. The Morgan fingerprint density at radius 1 is 1.14 bits per heavy atom. The number of nitrogens with one attached hydrogen (secondary N) is 1. The smallest absolute Gasteiger partial charge is 0.339 e. The first-order valence-corrected chi connectivity index (χ1v) is 6.16. The van der Waals surface area contributed by atoms with Crippen LogP contribution in [-0.2, 0) is 4.79 Å². The van der Waals surface area contributed by atoms with Crippen molar-refractivity contribution >= 4 is 23.8 Å². The lowest BCUT2D eigenvalue weighted by atomic mass is 10.2. The van der Waals surface area contributed by atoms with Gasteiger partial charge >= 0.3 is 5.97 Å². The Kier molecular flexibility index (Phi) is 4.38. The van der Waals surface area contributed by atoms with Crippen LogP contribution in [0.15, 0.2) is 42.6 Å². The van der Waals surface area contributed by atoms with Crippen molar-refractivity contribution in [1.82, 2.24) is 4.98 Å². The van der Waals surface area contributed by atoms with Crippen LogP contribution in [0.1, 0.15) is 15.9 Å². The highest BCUT2D eigenvalue weighted by Gasteiger charge is 2.11. The van der Waals surface area contributed by atoms with Crippen LogP contribution in [0, 0.1) is 0 Å². The fraction of sp³-hybridized carbons (Fsp3) is 0. The number of rotatable bonds is 4. The number of aromatic hydroxyl groups is 2. The van der Waals surface area contributed by atoms with Crippen LogP contribution in [0.3, 0.4) is 0 Å². The summed E-state index contributed by atoms with van der Waals surface area (Å²) in [5.74, 6) is -2.40. The third-order valence-electron chi connectivity index (χ3n) is 2.71. The lowest BCUT2D eigenvalue weighted by Crippen LogP contribution is -2.13. The Bertz CT molecular complexity index is 755. The summed E-state index contributed by atoms with van der Waals surface area (Å²) >= 11 is 0. The number of phenols is 2. The van der Waals surface area contributed by atoms with E-state index in [1.54, 1.807) is 0 Å². The minimum absolute atomic E-state index is 0.0572. The zero-order valence-electron chi connectivity index (χ0n) is 11.2. The molecule has 0 spiro atoms. The first-order valence-electron chi connectivity index (χ1n) is 6.16.